The summed E-state index contributed by atoms with van der Waals surface area (Å²) in [5, 5.41) is 0. The van der Waals surface area contributed by atoms with E-state index in [1.165, 1.54) is 24.3 Å². The van der Waals surface area contributed by atoms with Crippen LogP contribution in [0.4, 0.5) is 14.5 Å². The fourth-order valence-corrected chi connectivity index (χ4v) is 1.97. The van der Waals surface area contributed by atoms with E-state index in [-0.39, 0.29) is 18.1 Å². The van der Waals surface area contributed by atoms with E-state index in [9.17, 15) is 8.78 Å². The van der Waals surface area contributed by atoms with E-state index >= 15 is 0 Å². The van der Waals surface area contributed by atoms with Gasteiger partial charge in [-0.1, -0.05) is 15.9 Å². The molecule has 2 rings (SSSR count). The van der Waals surface area contributed by atoms with Crippen LogP contribution in [-0.4, -0.2) is 0 Å². The Kier molecular flexibility index (Phi) is 3.81. The number of halogens is 3. The second-order valence-corrected chi connectivity index (χ2v) is 4.67. The smallest absolute Gasteiger partial charge is 0.149 e. The number of benzene rings is 2. The zero-order valence-corrected chi connectivity index (χ0v) is 10.9. The van der Waals surface area contributed by atoms with E-state index in [4.69, 9.17) is 10.5 Å². The second kappa shape index (κ2) is 5.35. The number of rotatable bonds is 3. The molecule has 0 bridgehead atoms. The van der Waals surface area contributed by atoms with E-state index in [0.717, 1.165) is 0 Å². The molecular formula is C13H10BrF2NO. The van der Waals surface area contributed by atoms with Crippen LogP contribution in [0, 0.1) is 11.6 Å². The van der Waals surface area contributed by atoms with Gasteiger partial charge in [0.2, 0.25) is 0 Å². The van der Waals surface area contributed by atoms with Crippen molar-refractivity contribution >= 4 is 21.6 Å². The second-order valence-electron chi connectivity index (χ2n) is 3.75. The summed E-state index contributed by atoms with van der Waals surface area (Å²) in [6.07, 6.45) is 0. The Balaban J connectivity index is 2.08. The molecule has 0 amide bonds. The van der Waals surface area contributed by atoms with Gasteiger partial charge < -0.3 is 10.5 Å². The molecule has 0 saturated carbocycles. The first-order valence-corrected chi connectivity index (χ1v) is 5.97. The van der Waals surface area contributed by atoms with Gasteiger partial charge in [0.15, 0.2) is 0 Å². The third kappa shape index (κ3) is 3.20. The average Bonchev–Trinajstić information content (AvgIpc) is 2.29. The van der Waals surface area contributed by atoms with Crippen LogP contribution in [0.3, 0.4) is 0 Å². The highest BCUT2D eigenvalue weighted by molar-refractivity contribution is 9.10. The maximum atomic E-state index is 13.2. The van der Waals surface area contributed by atoms with Gasteiger partial charge in [0.25, 0.3) is 0 Å². The molecule has 0 fully saturated rings. The molecule has 0 heterocycles. The van der Waals surface area contributed by atoms with Gasteiger partial charge in [0.1, 0.15) is 24.0 Å². The zero-order chi connectivity index (χ0) is 13.1. The average molecular weight is 314 g/mol. The lowest BCUT2D eigenvalue weighted by Crippen LogP contribution is -1.98. The van der Waals surface area contributed by atoms with Crippen molar-refractivity contribution in [2.45, 2.75) is 6.61 Å². The quantitative estimate of drug-likeness (QED) is 0.873. The van der Waals surface area contributed by atoms with Gasteiger partial charge in [-0.25, -0.2) is 8.78 Å². The minimum absolute atomic E-state index is 0.0656. The summed E-state index contributed by atoms with van der Waals surface area (Å²) in [6, 6.07) is 8.63. The number of ether oxygens (including phenoxy) is 1. The maximum absolute atomic E-state index is 13.2. The fourth-order valence-electron chi connectivity index (χ4n) is 1.46. The lowest BCUT2D eigenvalue weighted by Gasteiger charge is -2.07. The van der Waals surface area contributed by atoms with Crippen LogP contribution in [0.2, 0.25) is 0 Å². The molecule has 2 aromatic carbocycles. The topological polar surface area (TPSA) is 35.2 Å². The minimum atomic E-state index is -0.534. The number of anilines is 1. The standard InChI is InChI=1S/C13H10BrF2NO/c14-9-3-8(4-10(15)5-9)7-18-11-1-2-13(17)12(16)6-11/h1-6H,7,17H2. The van der Waals surface area contributed by atoms with Crippen molar-refractivity contribution in [3.63, 3.8) is 0 Å². The van der Waals surface area contributed by atoms with Crippen LogP contribution in [-0.2, 0) is 6.61 Å². The van der Waals surface area contributed by atoms with E-state index in [1.807, 2.05) is 0 Å². The highest BCUT2D eigenvalue weighted by Gasteiger charge is 2.03. The summed E-state index contributed by atoms with van der Waals surface area (Å²) in [6.45, 7) is 0.152. The molecule has 2 aromatic rings. The Morgan fingerprint density at radius 2 is 1.89 bits per heavy atom. The van der Waals surface area contributed by atoms with Crippen LogP contribution in [0.25, 0.3) is 0 Å². The normalized spacial score (nSPS) is 10.4. The Morgan fingerprint density at radius 1 is 1.11 bits per heavy atom. The molecule has 5 heteroatoms. The number of hydrogen-bond donors (Lipinski definition) is 1. The van der Waals surface area contributed by atoms with Gasteiger partial charge in [-0.2, -0.15) is 0 Å². The zero-order valence-electron chi connectivity index (χ0n) is 9.29. The highest BCUT2D eigenvalue weighted by Crippen LogP contribution is 2.20. The summed E-state index contributed by atoms with van der Waals surface area (Å²) in [5.41, 5.74) is 6.07. The third-order valence-electron chi connectivity index (χ3n) is 2.30. The summed E-state index contributed by atoms with van der Waals surface area (Å²) in [5.74, 6) is -0.540. The van der Waals surface area contributed by atoms with Gasteiger partial charge in [-0.3, -0.25) is 0 Å². The monoisotopic (exact) mass is 313 g/mol. The lowest BCUT2D eigenvalue weighted by atomic mass is 10.2. The number of nitrogens with two attached hydrogens (primary N) is 1. The first-order chi connectivity index (χ1) is 8.54. The predicted molar refractivity (Wildman–Crippen MR) is 69.2 cm³/mol. The molecule has 0 atom stereocenters. The predicted octanol–water partition coefficient (Wildman–Crippen LogP) is 3.89. The molecule has 2 N–H and O–H groups in total. The van der Waals surface area contributed by atoms with Crippen LogP contribution < -0.4 is 10.5 Å². The highest BCUT2D eigenvalue weighted by atomic mass is 79.9. The van der Waals surface area contributed by atoms with E-state index in [0.29, 0.717) is 15.8 Å². The molecule has 0 spiro atoms. The summed E-state index contributed by atoms with van der Waals surface area (Å²) < 4.78 is 32.3. The van der Waals surface area contributed by atoms with Crippen LogP contribution in [0.5, 0.6) is 5.75 Å². The lowest BCUT2D eigenvalue weighted by molar-refractivity contribution is 0.304. The summed E-state index contributed by atoms with van der Waals surface area (Å²) in [4.78, 5) is 0. The minimum Gasteiger partial charge on any atom is -0.489 e. The van der Waals surface area contributed by atoms with Crippen molar-refractivity contribution in [2.24, 2.45) is 0 Å². The van der Waals surface area contributed by atoms with Crippen molar-refractivity contribution in [1.82, 2.24) is 0 Å². The SMILES string of the molecule is Nc1ccc(OCc2cc(F)cc(Br)c2)cc1F. The van der Waals surface area contributed by atoms with Gasteiger partial charge in [0, 0.05) is 10.5 Å². The van der Waals surface area contributed by atoms with E-state index < -0.39 is 5.82 Å². The van der Waals surface area contributed by atoms with Crippen molar-refractivity contribution in [3.8, 4) is 5.75 Å². The molecule has 0 unspecified atom stereocenters. The van der Waals surface area contributed by atoms with E-state index in [1.54, 1.807) is 12.1 Å². The fraction of sp³-hybridized carbons (Fsp3) is 0.0769. The Hall–Kier alpha value is -1.62. The first-order valence-electron chi connectivity index (χ1n) is 5.17. The molecule has 0 saturated heterocycles. The number of hydrogen-bond acceptors (Lipinski definition) is 2. The molecule has 18 heavy (non-hydrogen) atoms. The van der Waals surface area contributed by atoms with Crippen LogP contribution in [0.15, 0.2) is 40.9 Å². The molecule has 0 aliphatic heterocycles. The Bertz CT molecular complexity index is 555. The van der Waals surface area contributed by atoms with Crippen LogP contribution >= 0.6 is 15.9 Å². The first kappa shape index (κ1) is 12.8. The maximum Gasteiger partial charge on any atom is 0.149 e. The Morgan fingerprint density at radius 3 is 2.56 bits per heavy atom. The third-order valence-corrected chi connectivity index (χ3v) is 2.76. The van der Waals surface area contributed by atoms with E-state index in [2.05, 4.69) is 15.9 Å². The molecule has 0 aliphatic rings. The van der Waals surface area contributed by atoms with Gasteiger partial charge in [0.05, 0.1) is 5.69 Å². The molecule has 0 aliphatic carbocycles. The van der Waals surface area contributed by atoms with Crippen molar-refractivity contribution < 1.29 is 13.5 Å². The summed E-state index contributed by atoms with van der Waals surface area (Å²) >= 11 is 3.19. The van der Waals surface area contributed by atoms with Crippen molar-refractivity contribution in [3.05, 3.63) is 58.1 Å². The van der Waals surface area contributed by atoms with Gasteiger partial charge in [-0.15, -0.1) is 0 Å². The van der Waals surface area contributed by atoms with Gasteiger partial charge >= 0.3 is 0 Å². The van der Waals surface area contributed by atoms with Gasteiger partial charge in [-0.05, 0) is 35.9 Å². The Labute approximate surface area is 112 Å². The molecule has 94 valence electrons. The van der Waals surface area contributed by atoms with Crippen molar-refractivity contribution in [1.29, 1.82) is 0 Å². The van der Waals surface area contributed by atoms with Crippen molar-refractivity contribution in [2.75, 3.05) is 5.73 Å². The molecule has 0 radical (unpaired) electrons. The van der Waals surface area contributed by atoms with Crippen LogP contribution in [0.1, 0.15) is 5.56 Å². The number of nitrogen functional groups attached to an aromatic ring is 1. The molecule has 2 nitrogen and oxygen atoms in total. The molecular weight excluding hydrogens is 304 g/mol. The molecule has 0 aromatic heterocycles. The summed E-state index contributed by atoms with van der Waals surface area (Å²) in [7, 11) is 0. The largest absolute Gasteiger partial charge is 0.489 e.